The molecule has 0 spiro atoms. The van der Waals surface area contributed by atoms with Crippen molar-refractivity contribution in [2.75, 3.05) is 23.0 Å². The number of anilines is 1. The van der Waals surface area contributed by atoms with Crippen molar-refractivity contribution in [3.05, 3.63) is 10.6 Å². The highest BCUT2D eigenvalue weighted by Gasteiger charge is 2.24. The molecule has 1 saturated carbocycles. The highest BCUT2D eigenvalue weighted by molar-refractivity contribution is 7.99. The average Bonchev–Trinajstić information content (AvgIpc) is 3.11. The van der Waals surface area contributed by atoms with Crippen LogP contribution in [0.5, 0.6) is 0 Å². The smallest absolute Gasteiger partial charge is 0.186 e. The van der Waals surface area contributed by atoms with E-state index in [1.807, 2.05) is 11.3 Å². The zero-order chi connectivity index (χ0) is 12.5. The summed E-state index contributed by atoms with van der Waals surface area (Å²) in [5, 5.41) is 4.82. The standard InChI is InChI=1S/C13H21N3S2/c1-9-8-17-6-5-16(9)13-15-10(2)12(18-13)7-14-11-3-4-11/h9,11,14H,3-8H2,1-2H3. The third kappa shape index (κ3) is 2.83. The third-order valence-electron chi connectivity index (χ3n) is 3.62. The summed E-state index contributed by atoms with van der Waals surface area (Å²) in [6.45, 7) is 6.61. The van der Waals surface area contributed by atoms with Gasteiger partial charge in [-0.1, -0.05) is 0 Å². The minimum Gasteiger partial charge on any atom is -0.344 e. The maximum Gasteiger partial charge on any atom is 0.186 e. The predicted molar refractivity (Wildman–Crippen MR) is 80.8 cm³/mol. The molecule has 18 heavy (non-hydrogen) atoms. The molecule has 1 aliphatic carbocycles. The summed E-state index contributed by atoms with van der Waals surface area (Å²) in [6, 6.07) is 1.40. The van der Waals surface area contributed by atoms with Crippen LogP contribution in [0, 0.1) is 6.92 Å². The molecule has 1 atom stereocenters. The van der Waals surface area contributed by atoms with Gasteiger partial charge in [0.2, 0.25) is 0 Å². The molecule has 1 aromatic heterocycles. The van der Waals surface area contributed by atoms with Gasteiger partial charge in [-0.15, -0.1) is 11.3 Å². The molecule has 0 amide bonds. The van der Waals surface area contributed by atoms with Crippen LogP contribution in [0.25, 0.3) is 0 Å². The molecule has 1 aromatic rings. The fourth-order valence-corrected chi connectivity index (χ4v) is 4.39. The second-order valence-corrected chi connectivity index (χ2v) is 7.49. The van der Waals surface area contributed by atoms with Crippen LogP contribution in [0.3, 0.4) is 0 Å². The van der Waals surface area contributed by atoms with Gasteiger partial charge < -0.3 is 10.2 Å². The van der Waals surface area contributed by atoms with Crippen LogP contribution in [-0.4, -0.2) is 35.1 Å². The topological polar surface area (TPSA) is 28.2 Å². The molecule has 1 aliphatic heterocycles. The Bertz CT molecular complexity index is 414. The number of nitrogens with one attached hydrogen (secondary N) is 1. The Morgan fingerprint density at radius 2 is 2.28 bits per heavy atom. The van der Waals surface area contributed by atoms with Gasteiger partial charge in [0.05, 0.1) is 5.69 Å². The largest absolute Gasteiger partial charge is 0.344 e. The molecule has 0 radical (unpaired) electrons. The van der Waals surface area contributed by atoms with E-state index in [2.05, 4.69) is 35.8 Å². The van der Waals surface area contributed by atoms with Gasteiger partial charge in [0, 0.05) is 41.6 Å². The Morgan fingerprint density at radius 3 is 3.00 bits per heavy atom. The normalized spacial score (nSPS) is 24.6. The van der Waals surface area contributed by atoms with Crippen LogP contribution in [0.4, 0.5) is 5.13 Å². The van der Waals surface area contributed by atoms with Crippen LogP contribution >= 0.6 is 23.1 Å². The van der Waals surface area contributed by atoms with E-state index in [1.54, 1.807) is 0 Å². The second-order valence-electron chi connectivity index (χ2n) is 5.28. The number of thioether (sulfide) groups is 1. The summed E-state index contributed by atoms with van der Waals surface area (Å²) in [4.78, 5) is 8.68. The van der Waals surface area contributed by atoms with Crippen LogP contribution in [-0.2, 0) is 6.54 Å². The number of hydrogen-bond acceptors (Lipinski definition) is 5. The Labute approximate surface area is 117 Å². The monoisotopic (exact) mass is 283 g/mol. The maximum atomic E-state index is 4.78. The first-order valence-corrected chi connectivity index (χ1v) is 8.75. The number of thiazole rings is 1. The molecule has 1 saturated heterocycles. The van der Waals surface area contributed by atoms with Crippen LogP contribution < -0.4 is 10.2 Å². The Kier molecular flexibility index (Phi) is 3.82. The first kappa shape index (κ1) is 12.8. The van der Waals surface area contributed by atoms with Crippen molar-refractivity contribution in [3.8, 4) is 0 Å². The van der Waals surface area contributed by atoms with Crippen LogP contribution in [0.1, 0.15) is 30.3 Å². The molecule has 3 rings (SSSR count). The lowest BCUT2D eigenvalue weighted by Gasteiger charge is -2.32. The number of aryl methyl sites for hydroxylation is 1. The van der Waals surface area contributed by atoms with E-state index in [1.165, 1.54) is 40.0 Å². The maximum absolute atomic E-state index is 4.78. The lowest BCUT2D eigenvalue weighted by atomic mass is 10.3. The van der Waals surface area contributed by atoms with E-state index in [0.717, 1.165) is 19.1 Å². The van der Waals surface area contributed by atoms with Gasteiger partial charge in [0.25, 0.3) is 0 Å². The van der Waals surface area contributed by atoms with Gasteiger partial charge in [-0.25, -0.2) is 4.98 Å². The Hall–Kier alpha value is -0.260. The first-order chi connectivity index (χ1) is 8.74. The highest BCUT2D eigenvalue weighted by atomic mass is 32.2. The molecule has 1 unspecified atom stereocenters. The lowest BCUT2D eigenvalue weighted by molar-refractivity contribution is 0.690. The molecule has 5 heteroatoms. The first-order valence-electron chi connectivity index (χ1n) is 6.78. The third-order valence-corrected chi connectivity index (χ3v) is 6.01. The molecular formula is C13H21N3S2. The average molecular weight is 283 g/mol. The van der Waals surface area contributed by atoms with Crippen LogP contribution in [0.2, 0.25) is 0 Å². The summed E-state index contributed by atoms with van der Waals surface area (Å²) in [5.41, 5.74) is 1.22. The summed E-state index contributed by atoms with van der Waals surface area (Å²) >= 11 is 3.94. The van der Waals surface area contributed by atoms with E-state index >= 15 is 0 Å². The fraction of sp³-hybridized carbons (Fsp3) is 0.769. The number of rotatable bonds is 4. The quantitative estimate of drug-likeness (QED) is 0.919. The lowest BCUT2D eigenvalue weighted by Crippen LogP contribution is -2.40. The van der Waals surface area contributed by atoms with E-state index in [-0.39, 0.29) is 0 Å². The predicted octanol–water partition coefficient (Wildman–Crippen LogP) is 2.65. The minimum absolute atomic E-state index is 0.624. The van der Waals surface area contributed by atoms with Gasteiger partial charge in [-0.3, -0.25) is 0 Å². The SMILES string of the molecule is Cc1nc(N2CCSCC2C)sc1CNC1CC1. The van der Waals surface area contributed by atoms with E-state index in [0.29, 0.717) is 6.04 Å². The Morgan fingerprint density at radius 1 is 1.44 bits per heavy atom. The molecule has 2 aliphatic rings. The summed E-state index contributed by atoms with van der Waals surface area (Å²) in [6.07, 6.45) is 2.70. The van der Waals surface area contributed by atoms with Crippen molar-refractivity contribution >= 4 is 28.2 Å². The van der Waals surface area contributed by atoms with E-state index in [9.17, 15) is 0 Å². The van der Waals surface area contributed by atoms with Gasteiger partial charge in [0.15, 0.2) is 5.13 Å². The van der Waals surface area contributed by atoms with Gasteiger partial charge in [-0.2, -0.15) is 11.8 Å². The summed E-state index contributed by atoms with van der Waals surface area (Å²) in [5.74, 6) is 2.47. The molecule has 2 heterocycles. The van der Waals surface area contributed by atoms with Gasteiger partial charge >= 0.3 is 0 Å². The summed E-state index contributed by atoms with van der Waals surface area (Å²) < 4.78 is 0. The number of hydrogen-bond donors (Lipinski definition) is 1. The van der Waals surface area contributed by atoms with E-state index < -0.39 is 0 Å². The Balaban J connectivity index is 1.69. The number of aromatic nitrogens is 1. The van der Waals surface area contributed by atoms with Crippen molar-refractivity contribution in [1.82, 2.24) is 10.3 Å². The van der Waals surface area contributed by atoms with Gasteiger partial charge in [0.1, 0.15) is 0 Å². The molecule has 0 bridgehead atoms. The summed E-state index contributed by atoms with van der Waals surface area (Å²) in [7, 11) is 0. The minimum atomic E-state index is 0.624. The van der Waals surface area contributed by atoms with Crippen molar-refractivity contribution in [3.63, 3.8) is 0 Å². The molecule has 1 N–H and O–H groups in total. The van der Waals surface area contributed by atoms with Crippen molar-refractivity contribution in [2.24, 2.45) is 0 Å². The molecule has 3 nitrogen and oxygen atoms in total. The fourth-order valence-electron chi connectivity index (χ4n) is 2.24. The molecule has 0 aromatic carbocycles. The van der Waals surface area contributed by atoms with Crippen molar-refractivity contribution < 1.29 is 0 Å². The molecule has 2 fully saturated rings. The zero-order valence-electron chi connectivity index (χ0n) is 11.1. The van der Waals surface area contributed by atoms with Gasteiger partial charge in [-0.05, 0) is 26.7 Å². The van der Waals surface area contributed by atoms with Crippen LogP contribution in [0.15, 0.2) is 0 Å². The molecular weight excluding hydrogens is 262 g/mol. The second kappa shape index (κ2) is 5.39. The number of nitrogens with zero attached hydrogens (tertiary/aromatic N) is 2. The van der Waals surface area contributed by atoms with E-state index in [4.69, 9.17) is 4.98 Å². The molecule has 100 valence electrons. The van der Waals surface area contributed by atoms with Crippen molar-refractivity contribution in [2.45, 2.75) is 45.3 Å². The zero-order valence-corrected chi connectivity index (χ0v) is 12.7. The van der Waals surface area contributed by atoms with Crippen molar-refractivity contribution in [1.29, 1.82) is 0 Å². The highest BCUT2D eigenvalue weighted by Crippen LogP contribution is 2.31.